The molecule has 0 spiro atoms. The molecule has 2 amide bonds. The van der Waals surface area contributed by atoms with E-state index in [1.54, 1.807) is 49.0 Å². The quantitative estimate of drug-likeness (QED) is 0.377. The Labute approximate surface area is 223 Å². The molecule has 1 saturated heterocycles. The van der Waals surface area contributed by atoms with Gasteiger partial charge in [0.25, 0.3) is 11.5 Å². The van der Waals surface area contributed by atoms with Crippen LogP contribution in [0, 0.1) is 22.7 Å². The number of nitriles is 2. The lowest BCUT2D eigenvalue weighted by Gasteiger charge is -2.23. The van der Waals surface area contributed by atoms with Crippen LogP contribution in [0.15, 0.2) is 29.1 Å². The van der Waals surface area contributed by atoms with Crippen molar-refractivity contribution in [1.82, 2.24) is 14.8 Å². The minimum absolute atomic E-state index is 0.0721. The van der Waals surface area contributed by atoms with Gasteiger partial charge in [0.2, 0.25) is 5.91 Å². The molecule has 12 heteroatoms. The van der Waals surface area contributed by atoms with E-state index in [0.29, 0.717) is 28.5 Å². The molecule has 1 aliphatic rings. The molecule has 0 saturated carbocycles. The highest BCUT2D eigenvalue weighted by Crippen LogP contribution is 2.20. The molecule has 1 aromatic heterocycles. The van der Waals surface area contributed by atoms with E-state index in [1.165, 1.54) is 10.8 Å². The number of aromatic nitrogens is 1. The summed E-state index contributed by atoms with van der Waals surface area (Å²) in [5.74, 6) is 0.242. The van der Waals surface area contributed by atoms with E-state index in [2.05, 4.69) is 27.1 Å². The molecule has 194 valence electrons. The van der Waals surface area contributed by atoms with Gasteiger partial charge in [0, 0.05) is 35.9 Å². The van der Waals surface area contributed by atoms with Crippen molar-refractivity contribution in [2.24, 2.45) is 0 Å². The number of likely N-dealkylation sites (tertiary alicyclic amines) is 1. The molecule has 37 heavy (non-hydrogen) atoms. The summed E-state index contributed by atoms with van der Waals surface area (Å²) in [7, 11) is 0. The summed E-state index contributed by atoms with van der Waals surface area (Å²) in [6.45, 7) is 3.05. The molecule has 2 heterocycles. The molecular formula is C25H29N7O3S2. The Balaban J connectivity index is 1.78. The average Bonchev–Trinajstić information content (AvgIpc) is 3.45. The van der Waals surface area contributed by atoms with Crippen LogP contribution in [0.25, 0.3) is 11.8 Å². The molecule has 0 bridgehead atoms. The number of thiazole rings is 1. The van der Waals surface area contributed by atoms with Crippen molar-refractivity contribution in [3.05, 3.63) is 43.8 Å². The Hall–Kier alpha value is -3.58. The van der Waals surface area contributed by atoms with Gasteiger partial charge in [-0.1, -0.05) is 6.07 Å². The number of benzene rings is 1. The molecule has 1 unspecified atom stereocenters. The summed E-state index contributed by atoms with van der Waals surface area (Å²) in [6.07, 6.45) is 5.82. The summed E-state index contributed by atoms with van der Waals surface area (Å²) in [6, 6.07) is 11.2. The van der Waals surface area contributed by atoms with E-state index in [9.17, 15) is 19.6 Å². The van der Waals surface area contributed by atoms with Crippen molar-refractivity contribution in [1.29, 1.82) is 10.5 Å². The first kappa shape index (κ1) is 28.0. The van der Waals surface area contributed by atoms with Crippen LogP contribution in [-0.2, 0) is 16.1 Å². The highest BCUT2D eigenvalue weighted by molar-refractivity contribution is 7.98. The highest BCUT2D eigenvalue weighted by atomic mass is 32.2. The zero-order valence-corrected chi connectivity index (χ0v) is 22.4. The van der Waals surface area contributed by atoms with Crippen molar-refractivity contribution in [3.63, 3.8) is 0 Å². The molecule has 10 nitrogen and oxygen atoms in total. The Morgan fingerprint density at radius 2 is 2.08 bits per heavy atom. The molecular weight excluding hydrogens is 510 g/mol. The zero-order valence-electron chi connectivity index (χ0n) is 20.7. The Kier molecular flexibility index (Phi) is 10.3. The topological polar surface area (TPSA) is 143 Å². The first-order valence-electron chi connectivity index (χ1n) is 11.8. The van der Waals surface area contributed by atoms with Gasteiger partial charge in [-0.2, -0.15) is 22.3 Å². The summed E-state index contributed by atoms with van der Waals surface area (Å²) < 4.78 is 1.88. The van der Waals surface area contributed by atoms with Gasteiger partial charge in [0.05, 0.1) is 12.6 Å². The molecule has 0 aliphatic carbocycles. The smallest absolute Gasteiger partial charge is 0.270 e. The number of amides is 2. The number of carbonyl (C=O) groups is 2. The van der Waals surface area contributed by atoms with Crippen molar-refractivity contribution < 1.29 is 9.59 Å². The Morgan fingerprint density at radius 3 is 2.78 bits per heavy atom. The van der Waals surface area contributed by atoms with Crippen LogP contribution < -0.4 is 30.7 Å². The number of thioether (sulfide) groups is 1. The third-order valence-corrected chi connectivity index (χ3v) is 7.67. The van der Waals surface area contributed by atoms with Crippen LogP contribution >= 0.6 is 23.1 Å². The fraction of sp³-hybridized carbons (Fsp3) is 0.400. The maximum Gasteiger partial charge on any atom is 0.270 e. The normalized spacial score (nSPS) is 16.5. The Morgan fingerprint density at radius 1 is 1.30 bits per heavy atom. The highest BCUT2D eigenvalue weighted by Gasteiger charge is 2.25. The maximum atomic E-state index is 12.9. The summed E-state index contributed by atoms with van der Waals surface area (Å²) >= 11 is 2.81. The maximum absolute atomic E-state index is 12.9. The van der Waals surface area contributed by atoms with Gasteiger partial charge in [-0.15, -0.1) is 11.3 Å². The molecule has 1 atom stereocenters. The van der Waals surface area contributed by atoms with Crippen molar-refractivity contribution in [2.75, 3.05) is 42.3 Å². The van der Waals surface area contributed by atoms with Crippen molar-refractivity contribution >= 4 is 58.1 Å². The van der Waals surface area contributed by atoms with Crippen LogP contribution in [0.3, 0.4) is 0 Å². The number of nitrogens with one attached hydrogen (secondary N) is 3. The number of anilines is 2. The Bertz CT molecular complexity index is 1400. The first-order valence-corrected chi connectivity index (χ1v) is 14.0. The second-order valence-electron chi connectivity index (χ2n) is 8.29. The minimum Gasteiger partial charge on any atom is -0.360 e. The van der Waals surface area contributed by atoms with Gasteiger partial charge in [0.1, 0.15) is 21.8 Å². The van der Waals surface area contributed by atoms with Gasteiger partial charge in [-0.25, -0.2) is 0 Å². The molecule has 2 aromatic rings. The van der Waals surface area contributed by atoms with Crippen molar-refractivity contribution in [2.45, 2.75) is 32.4 Å². The van der Waals surface area contributed by atoms with Gasteiger partial charge in [-0.3, -0.25) is 23.9 Å². The summed E-state index contributed by atoms with van der Waals surface area (Å²) in [5.41, 5.74) is 0.732. The van der Waals surface area contributed by atoms with Crippen LogP contribution in [-0.4, -0.2) is 59.0 Å². The largest absolute Gasteiger partial charge is 0.360 e. The molecule has 1 aromatic carbocycles. The van der Waals surface area contributed by atoms with E-state index in [4.69, 9.17) is 5.26 Å². The monoisotopic (exact) mass is 539 g/mol. The number of hydrogen-bond acceptors (Lipinski definition) is 9. The first-order chi connectivity index (χ1) is 17.9. The standard InChI is InChI=1S/C25H29N7O3S2/c1-3-32-24(35)21(37-25(32)20(13-27)23(34)28-10-9-26)14-29-17-6-4-7-18(12-17)30-22(33)15-31-11-5-8-19(31)16-36-2/h4,6-7,12,14,19,29H,3,5,8,10-11,15-16H2,1-2H3,(H,28,34)(H,30,33)/b21-14+,25-20-. The van der Waals surface area contributed by atoms with E-state index in [-0.39, 0.29) is 34.8 Å². The van der Waals surface area contributed by atoms with Crippen LogP contribution in [0.5, 0.6) is 0 Å². The van der Waals surface area contributed by atoms with Gasteiger partial charge in [-0.05, 0) is 50.8 Å². The second-order valence-corrected chi connectivity index (χ2v) is 10.2. The predicted octanol–water partition coefficient (Wildman–Crippen LogP) is 0.860. The van der Waals surface area contributed by atoms with Crippen molar-refractivity contribution in [3.8, 4) is 12.1 Å². The fourth-order valence-electron chi connectivity index (χ4n) is 4.10. The predicted molar refractivity (Wildman–Crippen MR) is 147 cm³/mol. The van der Waals surface area contributed by atoms with E-state index in [0.717, 1.165) is 36.5 Å². The molecule has 1 fully saturated rings. The van der Waals surface area contributed by atoms with E-state index in [1.807, 2.05) is 6.07 Å². The fourth-order valence-corrected chi connectivity index (χ4v) is 5.95. The molecule has 1 aliphatic heterocycles. The minimum atomic E-state index is -0.704. The number of hydrogen-bond donors (Lipinski definition) is 3. The number of nitrogens with zero attached hydrogens (tertiary/aromatic N) is 4. The lowest BCUT2D eigenvalue weighted by atomic mass is 10.2. The lowest BCUT2D eigenvalue weighted by molar-refractivity contribution is -0.117. The average molecular weight is 540 g/mol. The lowest BCUT2D eigenvalue weighted by Crippen LogP contribution is -2.38. The van der Waals surface area contributed by atoms with Crippen LogP contribution in [0.1, 0.15) is 19.8 Å². The van der Waals surface area contributed by atoms with Crippen LogP contribution in [0.2, 0.25) is 0 Å². The van der Waals surface area contributed by atoms with Gasteiger partial charge in [0.15, 0.2) is 5.57 Å². The third kappa shape index (κ3) is 7.23. The number of carbonyl (C=O) groups excluding carboxylic acids is 2. The summed E-state index contributed by atoms with van der Waals surface area (Å²) in [5, 5.41) is 26.5. The van der Waals surface area contributed by atoms with Gasteiger partial charge >= 0.3 is 0 Å². The van der Waals surface area contributed by atoms with E-state index < -0.39 is 5.91 Å². The molecule has 0 radical (unpaired) electrons. The zero-order chi connectivity index (χ0) is 26.8. The number of rotatable bonds is 10. The SMILES string of the molecule is CCn1c(=O)/c(=C\Nc2cccc(NC(=O)CN3CCCC3CSC)c2)s/c1=C(/C#N)C(=O)NCC#N. The third-order valence-electron chi connectivity index (χ3n) is 5.83. The van der Waals surface area contributed by atoms with Gasteiger partial charge < -0.3 is 16.0 Å². The second kappa shape index (κ2) is 13.7. The van der Waals surface area contributed by atoms with Crippen LogP contribution in [0.4, 0.5) is 11.4 Å². The molecule has 3 rings (SSSR count). The summed E-state index contributed by atoms with van der Waals surface area (Å²) in [4.78, 5) is 40.0. The molecule has 3 N–H and O–H groups in total. The van der Waals surface area contributed by atoms with E-state index >= 15 is 0 Å².